The standard InChI is InChI=1S/C16H16N2O5S/c1-7-6-9(15(20)22-7)23-16(21)12-8(2)11-13(24-12)17-10-4-3-5-18(10)14(11)19/h7,9H,3-6H2,1-2H3. The molecule has 24 heavy (non-hydrogen) atoms. The van der Waals surface area contributed by atoms with Gasteiger partial charge in [0, 0.05) is 19.4 Å². The van der Waals surface area contributed by atoms with Crippen LogP contribution in [0.25, 0.3) is 10.2 Å². The Kier molecular flexibility index (Phi) is 3.45. The molecule has 2 aromatic heterocycles. The molecule has 0 aromatic carbocycles. The molecule has 7 nitrogen and oxygen atoms in total. The zero-order valence-electron chi connectivity index (χ0n) is 13.3. The lowest BCUT2D eigenvalue weighted by Gasteiger charge is -2.07. The van der Waals surface area contributed by atoms with E-state index in [0.29, 0.717) is 33.6 Å². The summed E-state index contributed by atoms with van der Waals surface area (Å²) in [5.74, 6) is -0.357. The summed E-state index contributed by atoms with van der Waals surface area (Å²) < 4.78 is 12.0. The third kappa shape index (κ3) is 2.24. The second kappa shape index (κ2) is 5.41. The van der Waals surface area contributed by atoms with Crippen molar-refractivity contribution < 1.29 is 19.1 Å². The molecule has 2 atom stereocenters. The number of aromatic nitrogens is 2. The molecule has 8 heteroatoms. The van der Waals surface area contributed by atoms with E-state index in [-0.39, 0.29) is 11.7 Å². The van der Waals surface area contributed by atoms with E-state index in [1.807, 2.05) is 0 Å². The Morgan fingerprint density at radius 2 is 2.21 bits per heavy atom. The average molecular weight is 348 g/mol. The molecule has 4 rings (SSSR count). The van der Waals surface area contributed by atoms with E-state index in [2.05, 4.69) is 4.98 Å². The largest absolute Gasteiger partial charge is 0.460 e. The van der Waals surface area contributed by atoms with Gasteiger partial charge in [-0.05, 0) is 25.8 Å². The first-order valence-electron chi connectivity index (χ1n) is 7.90. The predicted molar refractivity (Wildman–Crippen MR) is 86.3 cm³/mol. The minimum absolute atomic E-state index is 0.103. The lowest BCUT2D eigenvalue weighted by Crippen LogP contribution is -2.23. The minimum atomic E-state index is -0.879. The molecule has 0 radical (unpaired) electrons. The number of hydrogen-bond acceptors (Lipinski definition) is 7. The van der Waals surface area contributed by atoms with Crippen molar-refractivity contribution in [3.63, 3.8) is 0 Å². The predicted octanol–water partition coefficient (Wildman–Crippen LogP) is 1.57. The Balaban J connectivity index is 1.71. The number of nitrogens with zero attached hydrogens (tertiary/aromatic N) is 2. The molecule has 2 unspecified atom stereocenters. The molecule has 1 fully saturated rings. The number of carbonyl (C=O) groups is 2. The van der Waals surface area contributed by atoms with Gasteiger partial charge >= 0.3 is 11.9 Å². The number of rotatable bonds is 2. The molecular formula is C16H16N2O5S. The maximum Gasteiger partial charge on any atom is 0.349 e. The molecule has 2 aromatic rings. The van der Waals surface area contributed by atoms with Gasteiger partial charge in [0.15, 0.2) is 0 Å². The van der Waals surface area contributed by atoms with Gasteiger partial charge in [-0.1, -0.05) is 0 Å². The second-order valence-corrected chi connectivity index (χ2v) is 7.20. The highest BCUT2D eigenvalue weighted by atomic mass is 32.1. The molecule has 0 N–H and O–H groups in total. The summed E-state index contributed by atoms with van der Waals surface area (Å²) >= 11 is 1.15. The molecule has 0 aliphatic carbocycles. The SMILES string of the molecule is Cc1c(C(=O)OC2CC(C)OC2=O)sc2nc3n(c(=O)c12)CCC3. The number of aryl methyl sites for hydroxylation is 2. The van der Waals surface area contributed by atoms with Crippen molar-refractivity contribution in [3.8, 4) is 0 Å². The van der Waals surface area contributed by atoms with Crippen LogP contribution in [0.1, 0.15) is 40.8 Å². The monoisotopic (exact) mass is 348 g/mol. The topological polar surface area (TPSA) is 87.5 Å². The van der Waals surface area contributed by atoms with Crippen LogP contribution in [0.4, 0.5) is 0 Å². The van der Waals surface area contributed by atoms with Gasteiger partial charge < -0.3 is 9.47 Å². The van der Waals surface area contributed by atoms with Crippen LogP contribution < -0.4 is 5.56 Å². The number of fused-ring (bicyclic) bond motifs is 2. The van der Waals surface area contributed by atoms with Crippen LogP contribution in [0.15, 0.2) is 4.79 Å². The molecule has 0 spiro atoms. The van der Waals surface area contributed by atoms with E-state index in [1.165, 1.54) is 0 Å². The highest BCUT2D eigenvalue weighted by Crippen LogP contribution is 2.30. The van der Waals surface area contributed by atoms with Crippen LogP contribution in [0, 0.1) is 6.92 Å². The van der Waals surface area contributed by atoms with Crippen molar-refractivity contribution in [2.24, 2.45) is 0 Å². The van der Waals surface area contributed by atoms with Crippen LogP contribution >= 0.6 is 11.3 Å². The summed E-state index contributed by atoms with van der Waals surface area (Å²) in [5.41, 5.74) is 0.466. The first-order chi connectivity index (χ1) is 11.5. The van der Waals surface area contributed by atoms with E-state index in [1.54, 1.807) is 18.4 Å². The van der Waals surface area contributed by atoms with Gasteiger partial charge in [-0.3, -0.25) is 9.36 Å². The van der Waals surface area contributed by atoms with Crippen molar-refractivity contribution in [2.45, 2.75) is 51.9 Å². The highest BCUT2D eigenvalue weighted by Gasteiger charge is 2.36. The molecule has 0 bridgehead atoms. The van der Waals surface area contributed by atoms with Gasteiger partial charge in [-0.15, -0.1) is 11.3 Å². The summed E-state index contributed by atoms with van der Waals surface area (Å²) in [6, 6.07) is 0. The number of ether oxygens (including phenoxy) is 2. The van der Waals surface area contributed by atoms with Crippen LogP contribution in [-0.2, 0) is 27.2 Å². The van der Waals surface area contributed by atoms with Crippen molar-refractivity contribution in [1.29, 1.82) is 0 Å². The third-order valence-electron chi connectivity index (χ3n) is 4.47. The summed E-state index contributed by atoms with van der Waals surface area (Å²) in [6.07, 6.45) is 0.900. The van der Waals surface area contributed by atoms with Crippen molar-refractivity contribution in [2.75, 3.05) is 0 Å². The Labute approximate surface area is 141 Å². The Morgan fingerprint density at radius 1 is 1.42 bits per heavy atom. The molecule has 2 aliphatic rings. The van der Waals surface area contributed by atoms with Crippen LogP contribution in [0.5, 0.6) is 0 Å². The lowest BCUT2D eigenvalue weighted by atomic mass is 10.2. The fourth-order valence-corrected chi connectivity index (χ4v) is 4.34. The molecule has 0 saturated carbocycles. The number of thiophene rings is 1. The quantitative estimate of drug-likeness (QED) is 0.766. The number of hydrogen-bond donors (Lipinski definition) is 0. The van der Waals surface area contributed by atoms with Gasteiger partial charge in [-0.25, -0.2) is 14.6 Å². The zero-order valence-corrected chi connectivity index (χ0v) is 14.1. The Bertz CT molecular complexity index is 929. The van der Waals surface area contributed by atoms with Crippen LogP contribution in [0.2, 0.25) is 0 Å². The molecule has 4 heterocycles. The van der Waals surface area contributed by atoms with Crippen LogP contribution in [-0.4, -0.2) is 33.7 Å². The Hall–Kier alpha value is -2.22. The molecule has 1 saturated heterocycles. The lowest BCUT2D eigenvalue weighted by molar-refractivity contribution is -0.147. The van der Waals surface area contributed by atoms with E-state index < -0.39 is 18.0 Å². The van der Waals surface area contributed by atoms with Gasteiger partial charge in [0.05, 0.1) is 5.39 Å². The normalized spacial score (nSPS) is 22.7. The third-order valence-corrected chi connectivity index (χ3v) is 5.64. The highest BCUT2D eigenvalue weighted by molar-refractivity contribution is 7.20. The molecule has 126 valence electrons. The average Bonchev–Trinajstić information content (AvgIpc) is 3.19. The van der Waals surface area contributed by atoms with E-state index in [0.717, 1.165) is 30.0 Å². The van der Waals surface area contributed by atoms with Crippen LogP contribution in [0.3, 0.4) is 0 Å². The number of carbonyl (C=O) groups excluding carboxylic acids is 2. The smallest absolute Gasteiger partial charge is 0.349 e. The molecule has 0 amide bonds. The fourth-order valence-electron chi connectivity index (χ4n) is 3.27. The first kappa shape index (κ1) is 15.3. The van der Waals surface area contributed by atoms with Crippen molar-refractivity contribution in [3.05, 3.63) is 26.6 Å². The first-order valence-corrected chi connectivity index (χ1v) is 8.71. The van der Waals surface area contributed by atoms with Crippen molar-refractivity contribution in [1.82, 2.24) is 9.55 Å². The van der Waals surface area contributed by atoms with E-state index >= 15 is 0 Å². The Morgan fingerprint density at radius 3 is 2.92 bits per heavy atom. The second-order valence-electron chi connectivity index (χ2n) is 6.20. The van der Waals surface area contributed by atoms with E-state index in [4.69, 9.17) is 9.47 Å². The van der Waals surface area contributed by atoms with Gasteiger partial charge in [0.2, 0.25) is 6.10 Å². The van der Waals surface area contributed by atoms with Gasteiger partial charge in [0.25, 0.3) is 5.56 Å². The minimum Gasteiger partial charge on any atom is -0.460 e. The number of esters is 2. The summed E-state index contributed by atoms with van der Waals surface area (Å²) in [5, 5.41) is 0.472. The summed E-state index contributed by atoms with van der Waals surface area (Å²) in [6.45, 7) is 4.14. The summed E-state index contributed by atoms with van der Waals surface area (Å²) in [7, 11) is 0. The van der Waals surface area contributed by atoms with Gasteiger partial charge in [-0.2, -0.15) is 0 Å². The zero-order chi connectivity index (χ0) is 17.0. The van der Waals surface area contributed by atoms with E-state index in [9.17, 15) is 14.4 Å². The van der Waals surface area contributed by atoms with Crippen molar-refractivity contribution >= 4 is 33.5 Å². The molecular weight excluding hydrogens is 332 g/mol. The summed E-state index contributed by atoms with van der Waals surface area (Å²) in [4.78, 5) is 42.1. The number of cyclic esters (lactones) is 1. The molecule has 2 aliphatic heterocycles. The van der Waals surface area contributed by atoms with Gasteiger partial charge in [0.1, 0.15) is 21.6 Å². The maximum absolute atomic E-state index is 12.6. The maximum atomic E-state index is 12.6. The fraction of sp³-hybridized carbons (Fsp3) is 0.500.